The molecule has 1 saturated heterocycles. The van der Waals surface area contributed by atoms with Gasteiger partial charge in [0.05, 0.1) is 10.5 Å². The van der Waals surface area contributed by atoms with E-state index in [1.54, 1.807) is 11.8 Å². The van der Waals surface area contributed by atoms with E-state index in [1.807, 2.05) is 6.92 Å². The molecule has 0 aromatic heterocycles. The van der Waals surface area contributed by atoms with Crippen LogP contribution in [0.3, 0.4) is 0 Å². The zero-order chi connectivity index (χ0) is 15.6. The van der Waals surface area contributed by atoms with Crippen molar-refractivity contribution < 1.29 is 14.8 Å². The van der Waals surface area contributed by atoms with E-state index >= 15 is 0 Å². The molecule has 2 N–H and O–H groups in total. The van der Waals surface area contributed by atoms with Crippen LogP contribution >= 0.6 is 0 Å². The number of hydrogen-bond donors (Lipinski definition) is 2. The van der Waals surface area contributed by atoms with Gasteiger partial charge in [-0.3, -0.25) is 14.9 Å². The molecule has 114 valence electrons. The highest BCUT2D eigenvalue weighted by atomic mass is 16.6. The summed E-state index contributed by atoms with van der Waals surface area (Å²) in [6.45, 7) is 4.84. The first-order valence-corrected chi connectivity index (χ1v) is 6.94. The van der Waals surface area contributed by atoms with Gasteiger partial charge in [0.2, 0.25) is 0 Å². The highest BCUT2D eigenvalue weighted by molar-refractivity contribution is 5.96. The minimum atomic E-state index is -0.796. The smallest absolute Gasteiger partial charge is 0.292 e. The Hall–Kier alpha value is -2.15. The maximum absolute atomic E-state index is 11.8. The van der Waals surface area contributed by atoms with Gasteiger partial charge in [-0.1, -0.05) is 6.92 Å². The topological polar surface area (TPSA) is 95.7 Å². The number of anilines is 1. The van der Waals surface area contributed by atoms with Crippen LogP contribution in [-0.4, -0.2) is 41.2 Å². The van der Waals surface area contributed by atoms with Crippen molar-refractivity contribution in [3.05, 3.63) is 33.9 Å². The van der Waals surface area contributed by atoms with Gasteiger partial charge in [0, 0.05) is 31.3 Å². The third-order valence-electron chi connectivity index (χ3n) is 3.74. The standard InChI is InChI=1S/C14H19N3O4/c1-3-14(19)8-16(9-14)12-7-10(13(18)15-4-2)5-6-11(12)17(20)21/h5-7,19H,3-4,8-9H2,1-2H3,(H,15,18). The molecule has 7 heteroatoms. The summed E-state index contributed by atoms with van der Waals surface area (Å²) in [7, 11) is 0. The average Bonchev–Trinajstić information content (AvgIpc) is 2.43. The minimum absolute atomic E-state index is 0.0544. The Morgan fingerprint density at radius 2 is 2.14 bits per heavy atom. The lowest BCUT2D eigenvalue weighted by Crippen LogP contribution is -2.61. The molecule has 1 aliphatic heterocycles. The Morgan fingerprint density at radius 1 is 1.48 bits per heavy atom. The quantitative estimate of drug-likeness (QED) is 0.630. The van der Waals surface area contributed by atoms with Crippen molar-refractivity contribution in [3.63, 3.8) is 0 Å². The van der Waals surface area contributed by atoms with Crippen molar-refractivity contribution in [2.45, 2.75) is 25.9 Å². The van der Waals surface area contributed by atoms with E-state index in [0.29, 0.717) is 37.3 Å². The normalized spacial score (nSPS) is 16.2. The monoisotopic (exact) mass is 293 g/mol. The fourth-order valence-electron chi connectivity index (χ4n) is 2.39. The number of carbonyl (C=O) groups excluding carboxylic acids is 1. The second-order valence-electron chi connectivity index (χ2n) is 5.25. The number of nitrogens with one attached hydrogen (secondary N) is 1. The number of aliphatic hydroxyl groups is 1. The molecule has 1 amide bonds. The fraction of sp³-hybridized carbons (Fsp3) is 0.500. The molecule has 0 unspecified atom stereocenters. The van der Waals surface area contributed by atoms with E-state index in [2.05, 4.69) is 5.32 Å². The summed E-state index contributed by atoms with van der Waals surface area (Å²) in [6, 6.07) is 4.29. The molecule has 0 radical (unpaired) electrons. The van der Waals surface area contributed by atoms with Crippen molar-refractivity contribution in [3.8, 4) is 0 Å². The molecule has 21 heavy (non-hydrogen) atoms. The summed E-state index contributed by atoms with van der Waals surface area (Å²) in [4.78, 5) is 24.2. The third-order valence-corrected chi connectivity index (χ3v) is 3.74. The summed E-state index contributed by atoms with van der Waals surface area (Å²) in [5, 5.41) is 23.8. The largest absolute Gasteiger partial charge is 0.386 e. The number of nitro benzene ring substituents is 1. The molecule has 0 spiro atoms. The molecule has 0 atom stereocenters. The molecule has 7 nitrogen and oxygen atoms in total. The Morgan fingerprint density at radius 3 is 2.67 bits per heavy atom. The van der Waals surface area contributed by atoms with Crippen molar-refractivity contribution in [1.29, 1.82) is 0 Å². The van der Waals surface area contributed by atoms with Gasteiger partial charge >= 0.3 is 0 Å². The van der Waals surface area contributed by atoms with Crippen LogP contribution in [0.4, 0.5) is 11.4 Å². The Kier molecular flexibility index (Phi) is 4.13. The molecule has 0 bridgehead atoms. The second kappa shape index (κ2) is 5.69. The molecular weight excluding hydrogens is 274 g/mol. The Labute approximate surface area is 122 Å². The number of nitro groups is 1. The molecule has 1 fully saturated rings. The van der Waals surface area contributed by atoms with Crippen LogP contribution in [0.2, 0.25) is 0 Å². The second-order valence-corrected chi connectivity index (χ2v) is 5.25. The zero-order valence-electron chi connectivity index (χ0n) is 12.1. The number of rotatable bonds is 5. The number of benzene rings is 1. The summed E-state index contributed by atoms with van der Waals surface area (Å²) < 4.78 is 0. The Balaban J connectivity index is 2.31. The van der Waals surface area contributed by atoms with Crippen LogP contribution in [0.25, 0.3) is 0 Å². The van der Waals surface area contributed by atoms with Gasteiger partial charge in [-0.25, -0.2) is 0 Å². The van der Waals surface area contributed by atoms with E-state index in [4.69, 9.17) is 0 Å². The predicted molar refractivity (Wildman–Crippen MR) is 78.6 cm³/mol. The lowest BCUT2D eigenvalue weighted by molar-refractivity contribution is -0.384. The fourth-order valence-corrected chi connectivity index (χ4v) is 2.39. The molecule has 1 aliphatic rings. The average molecular weight is 293 g/mol. The van der Waals surface area contributed by atoms with Crippen molar-refractivity contribution in [1.82, 2.24) is 5.32 Å². The summed E-state index contributed by atoms with van der Waals surface area (Å²) in [5.74, 6) is -0.264. The zero-order valence-corrected chi connectivity index (χ0v) is 12.1. The number of hydrogen-bond acceptors (Lipinski definition) is 5. The predicted octanol–water partition coefficient (Wildman–Crippen LogP) is 1.31. The molecule has 0 saturated carbocycles. The van der Waals surface area contributed by atoms with Crippen molar-refractivity contribution in [2.24, 2.45) is 0 Å². The van der Waals surface area contributed by atoms with Gasteiger partial charge in [0.1, 0.15) is 5.69 Å². The van der Waals surface area contributed by atoms with Crippen LogP contribution in [-0.2, 0) is 0 Å². The van der Waals surface area contributed by atoms with E-state index in [0.717, 1.165) is 0 Å². The molecule has 1 aromatic rings. The van der Waals surface area contributed by atoms with Gasteiger partial charge in [-0.15, -0.1) is 0 Å². The lowest BCUT2D eigenvalue weighted by atomic mass is 9.90. The minimum Gasteiger partial charge on any atom is -0.386 e. The van der Waals surface area contributed by atoms with Gasteiger partial charge in [0.15, 0.2) is 0 Å². The Bertz CT molecular complexity index is 567. The highest BCUT2D eigenvalue weighted by Crippen LogP contribution is 2.36. The summed E-state index contributed by atoms with van der Waals surface area (Å²) in [5.41, 5.74) is -0.0947. The van der Waals surface area contributed by atoms with Crippen LogP contribution < -0.4 is 10.2 Å². The van der Waals surface area contributed by atoms with Gasteiger partial charge in [-0.2, -0.15) is 0 Å². The van der Waals surface area contributed by atoms with Crippen molar-refractivity contribution in [2.75, 3.05) is 24.5 Å². The third kappa shape index (κ3) is 2.97. The highest BCUT2D eigenvalue weighted by Gasteiger charge is 2.41. The van der Waals surface area contributed by atoms with E-state index < -0.39 is 10.5 Å². The number of carbonyl (C=O) groups is 1. The summed E-state index contributed by atoms with van der Waals surface area (Å²) in [6.07, 6.45) is 0.591. The van der Waals surface area contributed by atoms with E-state index in [9.17, 15) is 20.0 Å². The van der Waals surface area contributed by atoms with Gasteiger partial charge in [-0.05, 0) is 25.5 Å². The first-order valence-electron chi connectivity index (χ1n) is 6.94. The molecular formula is C14H19N3O4. The van der Waals surface area contributed by atoms with E-state index in [1.165, 1.54) is 18.2 Å². The van der Waals surface area contributed by atoms with Gasteiger partial charge in [0.25, 0.3) is 11.6 Å². The number of amides is 1. The van der Waals surface area contributed by atoms with Crippen LogP contribution in [0.15, 0.2) is 18.2 Å². The first kappa shape index (κ1) is 15.2. The summed E-state index contributed by atoms with van der Waals surface area (Å²) >= 11 is 0. The van der Waals surface area contributed by atoms with Crippen molar-refractivity contribution >= 4 is 17.3 Å². The van der Waals surface area contributed by atoms with E-state index in [-0.39, 0.29) is 11.6 Å². The van der Waals surface area contributed by atoms with Gasteiger partial charge < -0.3 is 15.3 Å². The lowest BCUT2D eigenvalue weighted by Gasteiger charge is -2.47. The molecule has 2 rings (SSSR count). The van der Waals surface area contributed by atoms with Crippen LogP contribution in [0, 0.1) is 10.1 Å². The SMILES string of the molecule is CCNC(=O)c1ccc([N+](=O)[O-])c(N2CC(O)(CC)C2)c1. The molecule has 1 heterocycles. The number of β-amino-alcohol motifs (C(OH)–C–C–N with tert-alkyl or cyclic N) is 1. The number of nitrogens with zero attached hydrogens (tertiary/aromatic N) is 2. The molecule has 0 aliphatic carbocycles. The maximum Gasteiger partial charge on any atom is 0.292 e. The first-order chi connectivity index (χ1) is 9.90. The molecule has 1 aromatic carbocycles. The van der Waals surface area contributed by atoms with Crippen LogP contribution in [0.5, 0.6) is 0 Å². The maximum atomic E-state index is 11.8. The van der Waals surface area contributed by atoms with Crippen LogP contribution in [0.1, 0.15) is 30.6 Å².